The molecule has 1 fully saturated rings. The number of halogens is 4. The number of nitrogens with zero attached hydrogens (tertiary/aromatic N) is 2. The second-order valence-electron chi connectivity index (χ2n) is 5.80. The molecule has 6 nitrogen and oxygen atoms in total. The summed E-state index contributed by atoms with van der Waals surface area (Å²) in [7, 11) is 0. The Hall–Kier alpha value is -2.29. The lowest BCUT2D eigenvalue weighted by Crippen LogP contribution is -2.50. The van der Waals surface area contributed by atoms with E-state index in [1.165, 1.54) is 17.9 Å². The molecule has 1 aliphatic rings. The van der Waals surface area contributed by atoms with Crippen LogP contribution in [0.5, 0.6) is 0 Å². The van der Waals surface area contributed by atoms with E-state index in [1.54, 1.807) is 4.90 Å². The Morgan fingerprint density at radius 2 is 1.69 bits per heavy atom. The largest absolute Gasteiger partial charge is 0.417 e. The predicted octanol–water partition coefficient (Wildman–Crippen LogP) is 2.38. The minimum Gasteiger partial charge on any atom is -0.339 e. The molecular weight excluding hydrogens is 375 g/mol. The first-order valence-electron chi connectivity index (χ1n) is 7.78. The quantitative estimate of drug-likeness (QED) is 0.804. The lowest BCUT2D eigenvalue weighted by molar-refractivity contribution is -0.140. The second-order valence-corrected chi connectivity index (χ2v) is 6.21. The molecule has 10 heteroatoms. The second kappa shape index (κ2) is 7.94. The minimum atomic E-state index is -4.65. The Morgan fingerprint density at radius 3 is 2.23 bits per heavy atom. The highest BCUT2D eigenvalue weighted by Gasteiger charge is 2.33. The smallest absolute Gasteiger partial charge is 0.339 e. The fourth-order valence-corrected chi connectivity index (χ4v) is 2.77. The normalized spacial score (nSPS) is 15.0. The Balaban J connectivity index is 1.93. The van der Waals surface area contributed by atoms with Gasteiger partial charge in [0, 0.05) is 38.8 Å². The summed E-state index contributed by atoms with van der Waals surface area (Å²) in [4.78, 5) is 38.3. The number of hydrogen-bond donors (Lipinski definition) is 1. The summed E-state index contributed by atoms with van der Waals surface area (Å²) in [6.07, 6.45) is -5.14. The van der Waals surface area contributed by atoms with Crippen LogP contribution in [-0.4, -0.2) is 53.7 Å². The standard InChI is InChI=1S/C16H17ClF3N3O3/c1-10(24)22-4-6-23(7-5-22)15(26)9-14(25)21-11-2-3-13(17)12(8-11)16(18,19)20/h2-3,8H,4-7,9H2,1H3,(H,21,25). The van der Waals surface area contributed by atoms with Gasteiger partial charge in [-0.15, -0.1) is 0 Å². The van der Waals surface area contributed by atoms with Gasteiger partial charge in [0.25, 0.3) is 0 Å². The highest BCUT2D eigenvalue weighted by atomic mass is 35.5. The molecule has 0 saturated carbocycles. The van der Waals surface area contributed by atoms with Gasteiger partial charge >= 0.3 is 6.18 Å². The third-order valence-corrected chi connectivity index (χ3v) is 4.27. The maximum Gasteiger partial charge on any atom is 0.417 e. The van der Waals surface area contributed by atoms with Gasteiger partial charge in [-0.1, -0.05) is 11.6 Å². The van der Waals surface area contributed by atoms with E-state index in [1.807, 2.05) is 0 Å². The molecular formula is C16H17ClF3N3O3. The molecule has 0 unspecified atom stereocenters. The first-order valence-corrected chi connectivity index (χ1v) is 8.15. The average Bonchev–Trinajstić information content (AvgIpc) is 2.55. The van der Waals surface area contributed by atoms with Crippen LogP contribution >= 0.6 is 11.6 Å². The number of piperazine rings is 1. The molecule has 0 aliphatic carbocycles. The summed E-state index contributed by atoms with van der Waals surface area (Å²) in [5.74, 6) is -1.26. The van der Waals surface area contributed by atoms with Crippen LogP contribution in [0.1, 0.15) is 18.9 Å². The molecule has 2 rings (SSSR count). The van der Waals surface area contributed by atoms with Crippen molar-refractivity contribution < 1.29 is 27.6 Å². The predicted molar refractivity (Wildman–Crippen MR) is 88.5 cm³/mol. The third-order valence-electron chi connectivity index (χ3n) is 3.95. The fraction of sp³-hybridized carbons (Fsp3) is 0.438. The zero-order chi connectivity index (χ0) is 19.5. The van der Waals surface area contributed by atoms with E-state index in [9.17, 15) is 27.6 Å². The molecule has 1 aromatic rings. The summed E-state index contributed by atoms with van der Waals surface area (Å²) in [5.41, 5.74) is -1.16. The van der Waals surface area contributed by atoms with Crippen molar-refractivity contribution in [2.75, 3.05) is 31.5 Å². The SMILES string of the molecule is CC(=O)N1CCN(C(=O)CC(=O)Nc2ccc(Cl)c(C(F)(F)F)c2)CC1. The zero-order valence-corrected chi connectivity index (χ0v) is 14.7. The summed E-state index contributed by atoms with van der Waals surface area (Å²) >= 11 is 5.52. The number of benzene rings is 1. The van der Waals surface area contributed by atoms with Crippen LogP contribution in [0.2, 0.25) is 5.02 Å². The molecule has 3 amide bonds. The van der Waals surface area contributed by atoms with Gasteiger partial charge in [-0.05, 0) is 18.2 Å². The van der Waals surface area contributed by atoms with Crippen LogP contribution in [0.25, 0.3) is 0 Å². The molecule has 1 heterocycles. The number of nitrogens with one attached hydrogen (secondary N) is 1. The molecule has 0 atom stereocenters. The monoisotopic (exact) mass is 391 g/mol. The van der Waals surface area contributed by atoms with Gasteiger partial charge in [-0.25, -0.2) is 0 Å². The van der Waals surface area contributed by atoms with Crippen molar-refractivity contribution in [3.63, 3.8) is 0 Å². The molecule has 1 aliphatic heterocycles. The van der Waals surface area contributed by atoms with Crippen molar-refractivity contribution in [2.24, 2.45) is 0 Å². The summed E-state index contributed by atoms with van der Waals surface area (Å²) in [5, 5.41) is 1.79. The molecule has 26 heavy (non-hydrogen) atoms. The van der Waals surface area contributed by atoms with Gasteiger partial charge < -0.3 is 15.1 Å². The number of hydrogen-bond acceptors (Lipinski definition) is 3. The zero-order valence-electron chi connectivity index (χ0n) is 13.9. The summed E-state index contributed by atoms with van der Waals surface area (Å²) in [6.45, 7) is 2.83. The molecule has 0 radical (unpaired) electrons. The van der Waals surface area contributed by atoms with Crippen LogP contribution in [0, 0.1) is 0 Å². The van der Waals surface area contributed by atoms with Gasteiger partial charge in [0.1, 0.15) is 6.42 Å². The van der Waals surface area contributed by atoms with Crippen molar-refractivity contribution >= 4 is 35.0 Å². The van der Waals surface area contributed by atoms with E-state index in [-0.39, 0.29) is 11.6 Å². The first-order chi connectivity index (χ1) is 12.1. The molecule has 142 valence electrons. The van der Waals surface area contributed by atoms with Gasteiger partial charge in [0.05, 0.1) is 10.6 Å². The van der Waals surface area contributed by atoms with Crippen LogP contribution in [0.3, 0.4) is 0 Å². The fourth-order valence-electron chi connectivity index (χ4n) is 2.55. The van der Waals surface area contributed by atoms with Crippen LogP contribution in [-0.2, 0) is 20.6 Å². The molecule has 0 bridgehead atoms. The third kappa shape index (κ3) is 5.10. The number of amides is 3. The lowest BCUT2D eigenvalue weighted by Gasteiger charge is -2.34. The van der Waals surface area contributed by atoms with Crippen molar-refractivity contribution in [1.29, 1.82) is 0 Å². The van der Waals surface area contributed by atoms with Gasteiger partial charge in [-0.3, -0.25) is 14.4 Å². The number of carbonyl (C=O) groups is 3. The lowest BCUT2D eigenvalue weighted by atomic mass is 10.2. The van der Waals surface area contributed by atoms with Crippen LogP contribution in [0.15, 0.2) is 18.2 Å². The molecule has 0 spiro atoms. The van der Waals surface area contributed by atoms with Crippen LogP contribution in [0.4, 0.5) is 18.9 Å². The maximum absolute atomic E-state index is 12.8. The van der Waals surface area contributed by atoms with Gasteiger partial charge in [0.15, 0.2) is 0 Å². The van der Waals surface area contributed by atoms with Crippen molar-refractivity contribution in [2.45, 2.75) is 19.5 Å². The van der Waals surface area contributed by atoms with E-state index in [0.717, 1.165) is 12.1 Å². The Labute approximate surface area is 152 Å². The average molecular weight is 392 g/mol. The minimum absolute atomic E-state index is 0.0851. The Kier molecular flexibility index (Phi) is 6.12. The number of rotatable bonds is 3. The van der Waals surface area contributed by atoms with E-state index in [4.69, 9.17) is 11.6 Å². The first kappa shape index (κ1) is 20.0. The highest BCUT2D eigenvalue weighted by molar-refractivity contribution is 6.31. The van der Waals surface area contributed by atoms with Crippen molar-refractivity contribution in [3.8, 4) is 0 Å². The van der Waals surface area contributed by atoms with E-state index in [2.05, 4.69) is 5.32 Å². The molecule has 1 aromatic carbocycles. The maximum atomic E-state index is 12.8. The van der Waals surface area contributed by atoms with E-state index in [0.29, 0.717) is 26.2 Å². The number of alkyl halides is 3. The summed E-state index contributed by atoms with van der Waals surface area (Å²) in [6, 6.07) is 2.98. The highest BCUT2D eigenvalue weighted by Crippen LogP contribution is 2.36. The van der Waals surface area contributed by atoms with E-state index >= 15 is 0 Å². The van der Waals surface area contributed by atoms with Crippen molar-refractivity contribution in [1.82, 2.24) is 9.80 Å². The van der Waals surface area contributed by atoms with Gasteiger partial charge in [-0.2, -0.15) is 13.2 Å². The topological polar surface area (TPSA) is 69.7 Å². The molecule has 0 aromatic heterocycles. The number of anilines is 1. The van der Waals surface area contributed by atoms with Crippen molar-refractivity contribution in [3.05, 3.63) is 28.8 Å². The Morgan fingerprint density at radius 1 is 1.12 bits per heavy atom. The van der Waals surface area contributed by atoms with Gasteiger partial charge in [0.2, 0.25) is 17.7 Å². The molecule has 1 saturated heterocycles. The number of carbonyl (C=O) groups excluding carboxylic acids is 3. The Bertz CT molecular complexity index is 716. The van der Waals surface area contributed by atoms with E-state index < -0.39 is 35.0 Å². The molecule has 1 N–H and O–H groups in total. The van der Waals surface area contributed by atoms with Crippen LogP contribution < -0.4 is 5.32 Å². The summed E-state index contributed by atoms with van der Waals surface area (Å²) < 4.78 is 38.5.